The Bertz CT molecular complexity index is 732. The van der Waals surface area contributed by atoms with Crippen LogP contribution in [0, 0.1) is 0 Å². The van der Waals surface area contributed by atoms with Crippen molar-refractivity contribution in [1.82, 2.24) is 15.0 Å². The first kappa shape index (κ1) is 12.1. The number of aromatic nitrogens is 3. The van der Waals surface area contributed by atoms with E-state index < -0.39 is 0 Å². The monoisotopic (exact) mass is 264 g/mol. The lowest BCUT2D eigenvalue weighted by Gasteiger charge is -2.05. The maximum absolute atomic E-state index is 12.5. The summed E-state index contributed by atoms with van der Waals surface area (Å²) in [7, 11) is 0. The second-order valence-electron chi connectivity index (χ2n) is 4.32. The van der Waals surface area contributed by atoms with Crippen LogP contribution in [-0.2, 0) is 0 Å². The fourth-order valence-electron chi connectivity index (χ4n) is 1.93. The summed E-state index contributed by atoms with van der Waals surface area (Å²) in [6, 6.07) is 16.2. The number of benzene rings is 2. The molecular weight excluding hydrogens is 252 g/mol. The highest BCUT2D eigenvalue weighted by atomic mass is 16.1. The lowest BCUT2D eigenvalue weighted by atomic mass is 10.1. The Morgan fingerprint density at radius 2 is 1.70 bits per heavy atom. The van der Waals surface area contributed by atoms with Gasteiger partial charge in [0.15, 0.2) is 0 Å². The van der Waals surface area contributed by atoms with E-state index in [4.69, 9.17) is 5.73 Å². The molecule has 0 aliphatic carbocycles. The average molecular weight is 264 g/mol. The molecule has 0 unspecified atom stereocenters. The van der Waals surface area contributed by atoms with Gasteiger partial charge in [-0.25, -0.2) is 4.68 Å². The van der Waals surface area contributed by atoms with Crippen LogP contribution in [-0.4, -0.2) is 20.8 Å². The first-order valence-electron chi connectivity index (χ1n) is 6.12. The fourth-order valence-corrected chi connectivity index (χ4v) is 1.93. The molecule has 0 bridgehead atoms. The van der Waals surface area contributed by atoms with Crippen molar-refractivity contribution in [3.8, 4) is 5.69 Å². The van der Waals surface area contributed by atoms with E-state index in [0.29, 0.717) is 16.9 Å². The number of anilines is 1. The number of nitrogen functional groups attached to an aromatic ring is 1. The van der Waals surface area contributed by atoms with E-state index in [1.54, 1.807) is 24.3 Å². The zero-order valence-electron chi connectivity index (χ0n) is 10.6. The van der Waals surface area contributed by atoms with Crippen LogP contribution in [0.4, 0.5) is 5.69 Å². The van der Waals surface area contributed by atoms with Crippen molar-refractivity contribution in [1.29, 1.82) is 0 Å². The number of ketones is 1. The Labute approximate surface area is 115 Å². The van der Waals surface area contributed by atoms with E-state index in [1.807, 2.05) is 30.3 Å². The van der Waals surface area contributed by atoms with Gasteiger partial charge in [-0.15, -0.1) is 5.10 Å². The van der Waals surface area contributed by atoms with Crippen LogP contribution in [0.3, 0.4) is 0 Å². The molecule has 0 aliphatic heterocycles. The first-order chi connectivity index (χ1) is 9.75. The maximum atomic E-state index is 12.5. The van der Waals surface area contributed by atoms with Gasteiger partial charge in [-0.1, -0.05) is 23.4 Å². The molecule has 2 N–H and O–H groups in total. The molecule has 0 radical (unpaired) electrons. The van der Waals surface area contributed by atoms with Crippen molar-refractivity contribution in [2.24, 2.45) is 0 Å². The minimum absolute atomic E-state index is 0.140. The molecule has 0 saturated heterocycles. The van der Waals surface area contributed by atoms with Crippen LogP contribution in [0.15, 0.2) is 60.8 Å². The second-order valence-corrected chi connectivity index (χ2v) is 4.32. The molecule has 20 heavy (non-hydrogen) atoms. The molecule has 0 saturated carbocycles. The number of hydrogen-bond donors (Lipinski definition) is 1. The largest absolute Gasteiger partial charge is 0.399 e. The third kappa shape index (κ3) is 2.16. The molecule has 2 aromatic carbocycles. The van der Waals surface area contributed by atoms with Gasteiger partial charge in [0.2, 0.25) is 5.78 Å². The number of carbonyl (C=O) groups excluding carboxylic acids is 1. The zero-order valence-corrected chi connectivity index (χ0v) is 10.6. The molecule has 98 valence electrons. The van der Waals surface area contributed by atoms with Gasteiger partial charge in [0, 0.05) is 11.3 Å². The predicted octanol–water partition coefficient (Wildman–Crippen LogP) is 2.08. The van der Waals surface area contributed by atoms with E-state index in [1.165, 1.54) is 10.9 Å². The van der Waals surface area contributed by atoms with Crippen LogP contribution in [0.2, 0.25) is 0 Å². The van der Waals surface area contributed by atoms with E-state index in [-0.39, 0.29) is 5.78 Å². The molecule has 0 spiro atoms. The van der Waals surface area contributed by atoms with Gasteiger partial charge in [0.05, 0.1) is 11.9 Å². The summed E-state index contributed by atoms with van der Waals surface area (Å²) in [5.74, 6) is -0.140. The number of nitrogens with two attached hydrogens (primary N) is 1. The molecule has 0 amide bonds. The van der Waals surface area contributed by atoms with Crippen molar-refractivity contribution >= 4 is 11.5 Å². The summed E-state index contributed by atoms with van der Waals surface area (Å²) < 4.78 is 1.53. The van der Waals surface area contributed by atoms with Crippen molar-refractivity contribution in [2.75, 3.05) is 5.73 Å². The highest BCUT2D eigenvalue weighted by Gasteiger charge is 2.16. The highest BCUT2D eigenvalue weighted by Crippen LogP contribution is 2.14. The lowest BCUT2D eigenvalue weighted by Crippen LogP contribution is -2.10. The lowest BCUT2D eigenvalue weighted by molar-refractivity contribution is 0.103. The predicted molar refractivity (Wildman–Crippen MR) is 75.6 cm³/mol. The van der Waals surface area contributed by atoms with Gasteiger partial charge < -0.3 is 5.73 Å². The quantitative estimate of drug-likeness (QED) is 0.580. The van der Waals surface area contributed by atoms with E-state index >= 15 is 0 Å². The van der Waals surface area contributed by atoms with Gasteiger partial charge in [-0.2, -0.15) is 0 Å². The van der Waals surface area contributed by atoms with Gasteiger partial charge >= 0.3 is 0 Å². The van der Waals surface area contributed by atoms with Crippen LogP contribution in [0.5, 0.6) is 0 Å². The number of para-hydroxylation sites is 1. The summed E-state index contributed by atoms with van der Waals surface area (Å²) in [6.45, 7) is 0. The van der Waals surface area contributed by atoms with Crippen molar-refractivity contribution in [3.63, 3.8) is 0 Å². The molecule has 5 nitrogen and oxygen atoms in total. The molecule has 0 atom stereocenters. The van der Waals surface area contributed by atoms with Crippen molar-refractivity contribution < 1.29 is 4.79 Å². The summed E-state index contributed by atoms with van der Waals surface area (Å²) in [5, 5.41) is 7.80. The Hall–Kier alpha value is -2.95. The molecule has 1 aromatic heterocycles. The normalized spacial score (nSPS) is 10.4. The van der Waals surface area contributed by atoms with Gasteiger partial charge in [0.25, 0.3) is 0 Å². The van der Waals surface area contributed by atoms with Crippen LogP contribution in [0.25, 0.3) is 5.69 Å². The molecule has 3 aromatic rings. The molecule has 1 heterocycles. The summed E-state index contributed by atoms with van der Waals surface area (Å²) in [6.07, 6.45) is 1.46. The molecule has 0 aliphatic rings. The van der Waals surface area contributed by atoms with E-state index in [2.05, 4.69) is 10.3 Å². The topological polar surface area (TPSA) is 73.8 Å². The van der Waals surface area contributed by atoms with E-state index in [9.17, 15) is 4.79 Å². The standard InChI is InChI=1S/C15H12N4O/c16-12-8-6-11(7-9-12)15(20)14-10-17-18-19(14)13-4-2-1-3-5-13/h1-10H,16H2. The van der Waals surface area contributed by atoms with Gasteiger partial charge in [-0.05, 0) is 36.4 Å². The Morgan fingerprint density at radius 3 is 2.40 bits per heavy atom. The van der Waals surface area contributed by atoms with Crippen LogP contribution < -0.4 is 5.73 Å². The van der Waals surface area contributed by atoms with Crippen LogP contribution >= 0.6 is 0 Å². The zero-order chi connectivity index (χ0) is 13.9. The number of nitrogens with zero attached hydrogens (tertiary/aromatic N) is 3. The van der Waals surface area contributed by atoms with Crippen molar-refractivity contribution in [3.05, 3.63) is 72.1 Å². The fraction of sp³-hybridized carbons (Fsp3) is 0. The third-order valence-electron chi connectivity index (χ3n) is 2.96. The molecule has 3 rings (SSSR count). The molecule has 5 heteroatoms. The van der Waals surface area contributed by atoms with Gasteiger partial charge in [0.1, 0.15) is 5.69 Å². The van der Waals surface area contributed by atoms with E-state index in [0.717, 1.165) is 5.69 Å². The van der Waals surface area contributed by atoms with Crippen molar-refractivity contribution in [2.45, 2.75) is 0 Å². The second kappa shape index (κ2) is 4.97. The minimum atomic E-state index is -0.140. The minimum Gasteiger partial charge on any atom is -0.399 e. The summed E-state index contributed by atoms with van der Waals surface area (Å²) >= 11 is 0. The summed E-state index contributed by atoms with van der Waals surface area (Å²) in [5.41, 5.74) is 8.01. The SMILES string of the molecule is Nc1ccc(C(=O)c2cnnn2-c2ccccc2)cc1. The molecular formula is C15H12N4O. The Kier molecular flexibility index (Phi) is 3.01. The number of carbonyl (C=O) groups is 1. The van der Waals surface area contributed by atoms with Gasteiger partial charge in [-0.3, -0.25) is 4.79 Å². The maximum Gasteiger partial charge on any atom is 0.213 e. The number of rotatable bonds is 3. The first-order valence-corrected chi connectivity index (χ1v) is 6.12. The van der Waals surface area contributed by atoms with Crippen LogP contribution in [0.1, 0.15) is 16.1 Å². The third-order valence-corrected chi connectivity index (χ3v) is 2.96. The average Bonchev–Trinajstić information content (AvgIpc) is 2.97. The molecule has 0 fully saturated rings. The smallest absolute Gasteiger partial charge is 0.213 e. The number of hydrogen-bond acceptors (Lipinski definition) is 4. The Morgan fingerprint density at radius 1 is 1.00 bits per heavy atom. The highest BCUT2D eigenvalue weighted by molar-refractivity contribution is 6.08. The summed E-state index contributed by atoms with van der Waals surface area (Å²) in [4.78, 5) is 12.5. The Balaban J connectivity index is 2.02.